The van der Waals surface area contributed by atoms with E-state index in [-0.39, 0.29) is 10.4 Å². The Balaban J connectivity index is 1.62. The van der Waals surface area contributed by atoms with Gasteiger partial charge in [0.05, 0.1) is 23.6 Å². The van der Waals surface area contributed by atoms with Crippen LogP contribution in [0.2, 0.25) is 0 Å². The van der Waals surface area contributed by atoms with E-state index in [1.54, 1.807) is 30.5 Å². The largest absolute Gasteiger partial charge is 0.378 e. The first-order valence-electron chi connectivity index (χ1n) is 9.94. The van der Waals surface area contributed by atoms with Crippen LogP contribution in [0.15, 0.2) is 78.0 Å². The van der Waals surface area contributed by atoms with Crippen LogP contribution in [0.4, 0.5) is 10.2 Å². The average Bonchev–Trinajstić information content (AvgIpc) is 3.20. The molecule has 0 unspecified atom stereocenters. The quantitative estimate of drug-likeness (QED) is 0.484. The van der Waals surface area contributed by atoms with Crippen molar-refractivity contribution in [1.29, 1.82) is 0 Å². The maximum absolute atomic E-state index is 14.0. The van der Waals surface area contributed by atoms with Crippen molar-refractivity contribution in [2.75, 3.05) is 31.2 Å². The van der Waals surface area contributed by atoms with Crippen molar-refractivity contribution in [3.63, 3.8) is 0 Å². The van der Waals surface area contributed by atoms with E-state index < -0.39 is 15.8 Å². The van der Waals surface area contributed by atoms with Gasteiger partial charge in [0.1, 0.15) is 11.6 Å². The number of hydrogen-bond acceptors (Lipinski definition) is 5. The van der Waals surface area contributed by atoms with Crippen LogP contribution in [0.25, 0.3) is 22.0 Å². The third-order valence-corrected chi connectivity index (χ3v) is 7.12. The summed E-state index contributed by atoms with van der Waals surface area (Å²) in [6, 6.07) is 16.1. The van der Waals surface area contributed by atoms with Gasteiger partial charge in [-0.15, -0.1) is 0 Å². The third-order valence-electron chi connectivity index (χ3n) is 5.43. The monoisotopic (exact) mass is 437 g/mol. The van der Waals surface area contributed by atoms with Crippen molar-refractivity contribution in [3.05, 3.63) is 78.9 Å². The predicted octanol–water partition coefficient (Wildman–Crippen LogP) is 3.92. The van der Waals surface area contributed by atoms with E-state index >= 15 is 0 Å². The van der Waals surface area contributed by atoms with Crippen LogP contribution < -0.4 is 4.90 Å². The number of morpholine rings is 1. The highest BCUT2D eigenvalue weighted by atomic mass is 32.2. The Kier molecular flexibility index (Phi) is 4.95. The molecule has 31 heavy (non-hydrogen) atoms. The number of ether oxygens (including phenoxy) is 1. The molecule has 0 aliphatic carbocycles. The second-order valence-electron chi connectivity index (χ2n) is 7.32. The highest BCUT2D eigenvalue weighted by Crippen LogP contribution is 2.34. The minimum Gasteiger partial charge on any atom is -0.378 e. The molecule has 6 nitrogen and oxygen atoms in total. The summed E-state index contributed by atoms with van der Waals surface area (Å²) in [7, 11) is -3.89. The maximum atomic E-state index is 14.0. The molecule has 2 aromatic heterocycles. The van der Waals surface area contributed by atoms with Crippen molar-refractivity contribution in [2.45, 2.75) is 4.90 Å². The zero-order valence-corrected chi connectivity index (χ0v) is 17.4. The molecule has 1 aliphatic rings. The van der Waals surface area contributed by atoms with Gasteiger partial charge in [-0.1, -0.05) is 18.2 Å². The Morgan fingerprint density at radius 2 is 1.74 bits per heavy atom. The Bertz CT molecular complexity index is 1330. The fraction of sp³-hybridized carbons (Fsp3) is 0.174. The summed E-state index contributed by atoms with van der Waals surface area (Å²) in [5.41, 5.74) is 1.72. The lowest BCUT2D eigenvalue weighted by molar-refractivity contribution is 0.122. The van der Waals surface area contributed by atoms with Gasteiger partial charge in [-0.05, 0) is 42.5 Å². The van der Waals surface area contributed by atoms with E-state index in [1.165, 1.54) is 30.5 Å². The number of rotatable bonds is 4. The lowest BCUT2D eigenvalue weighted by Gasteiger charge is -2.27. The molecule has 0 saturated carbocycles. The van der Waals surface area contributed by atoms with Crippen molar-refractivity contribution in [3.8, 4) is 11.1 Å². The first kappa shape index (κ1) is 19.7. The van der Waals surface area contributed by atoms with Gasteiger partial charge in [0.25, 0.3) is 10.0 Å². The standard InChI is InChI=1S/C23H20FN3O3S/c24-18-7-8-20-21(17-6-9-23(25-15-17)26-10-12-30-13-11-26)16-27(22(20)14-18)31(28,29)19-4-2-1-3-5-19/h1-9,14-16H,10-13H2. The first-order chi connectivity index (χ1) is 15.0. The van der Waals surface area contributed by atoms with Crippen LogP contribution in [0.3, 0.4) is 0 Å². The summed E-state index contributed by atoms with van der Waals surface area (Å²) >= 11 is 0. The highest BCUT2D eigenvalue weighted by Gasteiger charge is 2.22. The smallest absolute Gasteiger partial charge is 0.268 e. The second-order valence-corrected chi connectivity index (χ2v) is 9.14. The normalized spacial score (nSPS) is 14.8. The number of aromatic nitrogens is 2. The molecule has 0 N–H and O–H groups in total. The van der Waals surface area contributed by atoms with Gasteiger partial charge in [-0.2, -0.15) is 0 Å². The molecule has 8 heteroatoms. The van der Waals surface area contributed by atoms with E-state index in [4.69, 9.17) is 4.74 Å². The number of fused-ring (bicyclic) bond motifs is 1. The number of anilines is 1. The van der Waals surface area contributed by atoms with Crippen molar-refractivity contribution in [1.82, 2.24) is 8.96 Å². The van der Waals surface area contributed by atoms with E-state index in [0.29, 0.717) is 24.2 Å². The van der Waals surface area contributed by atoms with Crippen LogP contribution in [-0.2, 0) is 14.8 Å². The Labute approximate surface area is 179 Å². The van der Waals surface area contributed by atoms with Crippen LogP contribution in [-0.4, -0.2) is 43.7 Å². The van der Waals surface area contributed by atoms with E-state index in [2.05, 4.69) is 9.88 Å². The van der Waals surface area contributed by atoms with Gasteiger partial charge in [0, 0.05) is 42.0 Å². The minimum atomic E-state index is -3.89. The fourth-order valence-electron chi connectivity index (χ4n) is 3.83. The summed E-state index contributed by atoms with van der Waals surface area (Å²) in [6.07, 6.45) is 3.26. The van der Waals surface area contributed by atoms with Gasteiger partial charge < -0.3 is 9.64 Å². The number of hydrogen-bond donors (Lipinski definition) is 0. The molecule has 1 saturated heterocycles. The van der Waals surface area contributed by atoms with E-state index in [0.717, 1.165) is 28.4 Å². The van der Waals surface area contributed by atoms with Gasteiger partial charge in [-0.3, -0.25) is 0 Å². The molecular formula is C23H20FN3O3S. The first-order valence-corrected chi connectivity index (χ1v) is 11.4. The molecule has 5 rings (SSSR count). The minimum absolute atomic E-state index is 0.142. The van der Waals surface area contributed by atoms with Crippen molar-refractivity contribution >= 4 is 26.7 Å². The molecule has 2 aromatic carbocycles. The number of pyridine rings is 1. The molecule has 0 bridgehead atoms. The third kappa shape index (κ3) is 3.58. The fourth-order valence-corrected chi connectivity index (χ4v) is 5.21. The predicted molar refractivity (Wildman–Crippen MR) is 117 cm³/mol. The zero-order chi connectivity index (χ0) is 21.4. The lowest BCUT2D eigenvalue weighted by atomic mass is 10.1. The van der Waals surface area contributed by atoms with Crippen LogP contribution >= 0.6 is 0 Å². The molecule has 0 atom stereocenters. The molecule has 1 fully saturated rings. The molecule has 4 aromatic rings. The average molecular weight is 437 g/mol. The molecular weight excluding hydrogens is 417 g/mol. The molecule has 158 valence electrons. The topological polar surface area (TPSA) is 64.4 Å². The van der Waals surface area contributed by atoms with Crippen molar-refractivity contribution < 1.29 is 17.5 Å². The maximum Gasteiger partial charge on any atom is 0.268 e. The Hall–Kier alpha value is -3.23. The molecule has 0 radical (unpaired) electrons. The number of halogens is 1. The second kappa shape index (κ2) is 7.79. The zero-order valence-electron chi connectivity index (χ0n) is 16.6. The summed E-state index contributed by atoms with van der Waals surface area (Å²) in [5.74, 6) is 0.348. The summed E-state index contributed by atoms with van der Waals surface area (Å²) < 4.78 is 47.1. The van der Waals surface area contributed by atoms with Crippen LogP contribution in [0.1, 0.15) is 0 Å². The van der Waals surface area contributed by atoms with Crippen LogP contribution in [0, 0.1) is 5.82 Å². The molecule has 0 spiro atoms. The molecule has 3 heterocycles. The molecule has 1 aliphatic heterocycles. The SMILES string of the molecule is O=S(=O)(c1ccccc1)n1cc(-c2ccc(N3CCOCC3)nc2)c2ccc(F)cc21. The van der Waals surface area contributed by atoms with Gasteiger partial charge in [0.15, 0.2) is 0 Å². The molecule has 0 amide bonds. The number of nitrogens with zero attached hydrogens (tertiary/aromatic N) is 3. The highest BCUT2D eigenvalue weighted by molar-refractivity contribution is 7.90. The van der Waals surface area contributed by atoms with E-state index in [9.17, 15) is 12.8 Å². The summed E-state index contributed by atoms with van der Waals surface area (Å²) in [5, 5.41) is 0.641. The Morgan fingerprint density at radius 1 is 0.968 bits per heavy atom. The van der Waals surface area contributed by atoms with Gasteiger partial charge >= 0.3 is 0 Å². The van der Waals surface area contributed by atoms with Gasteiger partial charge in [0.2, 0.25) is 0 Å². The lowest BCUT2D eigenvalue weighted by Crippen LogP contribution is -2.36. The van der Waals surface area contributed by atoms with Crippen molar-refractivity contribution in [2.24, 2.45) is 0 Å². The van der Waals surface area contributed by atoms with E-state index in [1.807, 2.05) is 12.1 Å². The van der Waals surface area contributed by atoms with Gasteiger partial charge in [-0.25, -0.2) is 21.8 Å². The number of benzene rings is 2. The Morgan fingerprint density at radius 3 is 2.45 bits per heavy atom. The van der Waals surface area contributed by atoms with Crippen LogP contribution in [0.5, 0.6) is 0 Å². The summed E-state index contributed by atoms with van der Waals surface area (Å²) in [4.78, 5) is 6.86. The summed E-state index contributed by atoms with van der Waals surface area (Å²) in [6.45, 7) is 2.89.